The van der Waals surface area contributed by atoms with Crippen molar-refractivity contribution in [1.29, 1.82) is 0 Å². The highest BCUT2D eigenvalue weighted by molar-refractivity contribution is 5.07. The van der Waals surface area contributed by atoms with Crippen molar-refractivity contribution in [2.45, 2.75) is 51.5 Å². The van der Waals surface area contributed by atoms with Crippen LogP contribution in [-0.4, -0.2) is 25.8 Å². The average molecular weight is 223 g/mol. The molecule has 2 nitrogen and oxygen atoms in total. The first-order chi connectivity index (χ1) is 7.86. The lowest BCUT2D eigenvalue weighted by atomic mass is 9.84. The molecular formula is C14H25NO. The number of ether oxygens (including phenoxy) is 1. The first kappa shape index (κ1) is 12.1. The van der Waals surface area contributed by atoms with E-state index in [-0.39, 0.29) is 0 Å². The minimum atomic E-state index is 0.670. The van der Waals surface area contributed by atoms with Gasteiger partial charge in [-0.25, -0.2) is 0 Å². The maximum absolute atomic E-state index is 5.45. The number of rotatable bonds is 4. The molecule has 0 saturated heterocycles. The van der Waals surface area contributed by atoms with Crippen LogP contribution in [-0.2, 0) is 4.74 Å². The first-order valence-corrected chi connectivity index (χ1v) is 6.85. The predicted molar refractivity (Wildman–Crippen MR) is 67.6 cm³/mol. The molecule has 1 aliphatic carbocycles. The molecule has 0 aromatic heterocycles. The maximum Gasteiger partial charge on any atom is 0.0689 e. The van der Waals surface area contributed by atoms with Crippen molar-refractivity contribution in [3.63, 3.8) is 0 Å². The van der Waals surface area contributed by atoms with Crippen molar-refractivity contribution in [3.8, 4) is 0 Å². The summed E-state index contributed by atoms with van der Waals surface area (Å²) in [5.41, 5.74) is 1.44. The molecule has 1 saturated carbocycles. The highest BCUT2D eigenvalue weighted by Crippen LogP contribution is 2.26. The summed E-state index contributed by atoms with van der Waals surface area (Å²) in [6.45, 7) is 5.12. The summed E-state index contributed by atoms with van der Waals surface area (Å²) in [6, 6.07) is 0.670. The Bertz CT molecular complexity index is 231. The third kappa shape index (κ3) is 3.60. The van der Waals surface area contributed by atoms with Gasteiger partial charge in [0.1, 0.15) is 0 Å². The molecule has 2 aliphatic rings. The van der Waals surface area contributed by atoms with E-state index in [1.54, 1.807) is 0 Å². The molecule has 0 spiro atoms. The zero-order valence-corrected chi connectivity index (χ0v) is 10.5. The zero-order chi connectivity index (χ0) is 11.2. The van der Waals surface area contributed by atoms with Crippen LogP contribution >= 0.6 is 0 Å². The van der Waals surface area contributed by atoms with Crippen LogP contribution in [0.3, 0.4) is 0 Å². The second kappa shape index (κ2) is 6.41. The lowest BCUT2D eigenvalue weighted by Crippen LogP contribution is -2.36. The lowest BCUT2D eigenvalue weighted by molar-refractivity contribution is 0.147. The van der Waals surface area contributed by atoms with Crippen LogP contribution in [0, 0.1) is 5.92 Å². The number of hydrogen-bond donors (Lipinski definition) is 1. The Balaban J connectivity index is 1.69. The van der Waals surface area contributed by atoms with E-state index in [9.17, 15) is 0 Å². The Morgan fingerprint density at radius 3 is 2.88 bits per heavy atom. The smallest absolute Gasteiger partial charge is 0.0689 e. The molecule has 0 aromatic rings. The quantitative estimate of drug-likeness (QED) is 0.740. The van der Waals surface area contributed by atoms with Gasteiger partial charge in [-0.2, -0.15) is 0 Å². The van der Waals surface area contributed by atoms with E-state index in [1.807, 2.05) is 0 Å². The summed E-state index contributed by atoms with van der Waals surface area (Å²) >= 11 is 0. The standard InChI is InChI=1S/C14H25NO/c1-12(14-7-3-2-4-8-14)15-10-13-6-5-9-16-11-13/h6,12,14-15H,2-5,7-11H2,1H3. The Morgan fingerprint density at radius 1 is 1.38 bits per heavy atom. The van der Waals surface area contributed by atoms with E-state index in [1.165, 1.54) is 37.7 Å². The monoisotopic (exact) mass is 223 g/mol. The van der Waals surface area contributed by atoms with Crippen LogP contribution in [0.15, 0.2) is 11.6 Å². The van der Waals surface area contributed by atoms with E-state index >= 15 is 0 Å². The van der Waals surface area contributed by atoms with Gasteiger partial charge in [0.25, 0.3) is 0 Å². The molecule has 1 unspecified atom stereocenters. The maximum atomic E-state index is 5.45. The lowest BCUT2D eigenvalue weighted by Gasteiger charge is -2.29. The summed E-state index contributed by atoms with van der Waals surface area (Å²) in [5, 5.41) is 3.67. The molecular weight excluding hydrogens is 198 g/mol. The fraction of sp³-hybridized carbons (Fsp3) is 0.857. The van der Waals surface area contributed by atoms with Crippen LogP contribution in [0.1, 0.15) is 45.4 Å². The Labute approximate surface area is 99.4 Å². The van der Waals surface area contributed by atoms with Crippen LogP contribution in [0.2, 0.25) is 0 Å². The van der Waals surface area contributed by atoms with Gasteiger partial charge in [-0.05, 0) is 37.7 Å². The molecule has 92 valence electrons. The summed E-state index contributed by atoms with van der Waals surface area (Å²) in [7, 11) is 0. The summed E-state index contributed by atoms with van der Waals surface area (Å²) in [4.78, 5) is 0. The molecule has 16 heavy (non-hydrogen) atoms. The third-order valence-corrected chi connectivity index (χ3v) is 3.99. The van der Waals surface area contributed by atoms with Crippen LogP contribution in [0.5, 0.6) is 0 Å². The predicted octanol–water partition coefficient (Wildman–Crippen LogP) is 2.89. The van der Waals surface area contributed by atoms with Crippen molar-refractivity contribution >= 4 is 0 Å². The van der Waals surface area contributed by atoms with Crippen molar-refractivity contribution < 1.29 is 4.74 Å². The van der Waals surface area contributed by atoms with Crippen molar-refractivity contribution in [2.75, 3.05) is 19.8 Å². The fourth-order valence-electron chi connectivity index (χ4n) is 2.82. The number of nitrogens with one attached hydrogen (secondary N) is 1. The van der Waals surface area contributed by atoms with Crippen molar-refractivity contribution in [2.24, 2.45) is 5.92 Å². The van der Waals surface area contributed by atoms with Gasteiger partial charge >= 0.3 is 0 Å². The van der Waals surface area contributed by atoms with Gasteiger partial charge in [-0.15, -0.1) is 0 Å². The molecule has 1 heterocycles. The average Bonchev–Trinajstić information content (AvgIpc) is 2.38. The second-order valence-electron chi connectivity index (χ2n) is 5.27. The van der Waals surface area contributed by atoms with Gasteiger partial charge in [0.2, 0.25) is 0 Å². The zero-order valence-electron chi connectivity index (χ0n) is 10.5. The SMILES string of the molecule is CC(NCC1=CCCOC1)C1CCCCC1. The fourth-order valence-corrected chi connectivity index (χ4v) is 2.82. The van der Waals surface area contributed by atoms with Gasteiger partial charge in [-0.3, -0.25) is 0 Å². The van der Waals surface area contributed by atoms with Crippen LogP contribution < -0.4 is 5.32 Å². The minimum absolute atomic E-state index is 0.670. The highest BCUT2D eigenvalue weighted by Gasteiger charge is 2.19. The molecule has 1 atom stereocenters. The van der Waals surface area contributed by atoms with E-state index in [0.29, 0.717) is 6.04 Å². The Hall–Kier alpha value is -0.340. The van der Waals surface area contributed by atoms with Crippen LogP contribution in [0.4, 0.5) is 0 Å². The normalized spacial score (nSPS) is 25.2. The highest BCUT2D eigenvalue weighted by atomic mass is 16.5. The molecule has 1 fully saturated rings. The summed E-state index contributed by atoms with van der Waals surface area (Å²) < 4.78 is 5.45. The second-order valence-corrected chi connectivity index (χ2v) is 5.27. The molecule has 1 N–H and O–H groups in total. The van der Waals surface area contributed by atoms with E-state index in [4.69, 9.17) is 4.74 Å². The molecule has 2 heteroatoms. The van der Waals surface area contributed by atoms with Crippen LogP contribution in [0.25, 0.3) is 0 Å². The van der Waals surface area contributed by atoms with Gasteiger partial charge in [0, 0.05) is 12.6 Å². The number of hydrogen-bond acceptors (Lipinski definition) is 2. The molecule has 1 aliphatic heterocycles. The van der Waals surface area contributed by atoms with E-state index < -0.39 is 0 Å². The van der Waals surface area contributed by atoms with Crippen molar-refractivity contribution in [3.05, 3.63) is 11.6 Å². The minimum Gasteiger partial charge on any atom is -0.377 e. The van der Waals surface area contributed by atoms with Gasteiger partial charge in [-0.1, -0.05) is 25.3 Å². The third-order valence-electron chi connectivity index (χ3n) is 3.99. The molecule has 0 bridgehead atoms. The largest absolute Gasteiger partial charge is 0.377 e. The first-order valence-electron chi connectivity index (χ1n) is 6.85. The van der Waals surface area contributed by atoms with Gasteiger partial charge in [0.15, 0.2) is 0 Å². The summed E-state index contributed by atoms with van der Waals surface area (Å²) in [6.07, 6.45) is 10.6. The van der Waals surface area contributed by atoms with Crippen molar-refractivity contribution in [1.82, 2.24) is 5.32 Å². The van der Waals surface area contributed by atoms with E-state index in [0.717, 1.165) is 32.1 Å². The molecule has 2 rings (SSSR count). The molecule has 0 aromatic carbocycles. The molecule has 0 radical (unpaired) electrons. The van der Waals surface area contributed by atoms with E-state index in [2.05, 4.69) is 18.3 Å². The molecule has 0 amide bonds. The van der Waals surface area contributed by atoms with Gasteiger partial charge < -0.3 is 10.1 Å². The summed E-state index contributed by atoms with van der Waals surface area (Å²) in [5.74, 6) is 0.902. The Kier molecular flexibility index (Phi) is 4.86. The Morgan fingerprint density at radius 2 is 2.19 bits per heavy atom. The topological polar surface area (TPSA) is 21.3 Å². The van der Waals surface area contributed by atoms with Gasteiger partial charge in [0.05, 0.1) is 13.2 Å².